The second-order valence-electron chi connectivity index (χ2n) is 5.94. The van der Waals surface area contributed by atoms with E-state index in [-0.39, 0.29) is 18.0 Å². The fraction of sp³-hybridized carbons (Fsp3) is 0.263. The Kier molecular flexibility index (Phi) is 6.15. The zero-order chi connectivity index (χ0) is 19.3. The molecule has 0 aliphatic carbocycles. The quantitative estimate of drug-likeness (QED) is 0.756. The smallest absolute Gasteiger partial charge is 0.245 e. The van der Waals surface area contributed by atoms with Crippen molar-refractivity contribution in [2.24, 2.45) is 0 Å². The molecular weight excluding hydrogens is 352 g/mol. The first-order valence-electron chi connectivity index (χ1n) is 8.19. The lowest BCUT2D eigenvalue weighted by atomic mass is 10.1. The van der Waals surface area contributed by atoms with Crippen LogP contribution in [0.25, 0.3) is 0 Å². The third-order valence-corrected chi connectivity index (χ3v) is 5.04. The maximum atomic E-state index is 12.4. The molecule has 7 heteroatoms. The molecule has 0 unspecified atom stereocenters. The van der Waals surface area contributed by atoms with Gasteiger partial charge in [0.05, 0.1) is 11.9 Å². The van der Waals surface area contributed by atoms with Crippen LogP contribution in [-0.2, 0) is 21.2 Å². The highest BCUT2D eigenvalue weighted by Gasteiger charge is 2.22. The minimum absolute atomic E-state index is 0.179. The Morgan fingerprint density at radius 1 is 1.08 bits per heavy atom. The van der Waals surface area contributed by atoms with Gasteiger partial charge in [-0.3, -0.25) is 13.9 Å². The third-order valence-electron chi connectivity index (χ3n) is 3.90. The highest BCUT2D eigenvalue weighted by molar-refractivity contribution is 7.92. The van der Waals surface area contributed by atoms with Gasteiger partial charge in [-0.2, -0.15) is 0 Å². The molecule has 138 valence electrons. The van der Waals surface area contributed by atoms with Crippen molar-refractivity contribution in [2.45, 2.75) is 20.3 Å². The minimum atomic E-state index is -3.70. The standard InChI is InChI=1S/C19H22N2O4S/c1-4-15-8-5-6-11-18(15)20-19(23)13-21(26(3,24)25)17-10-7-9-16(12-17)14(2)22/h5-12H,4,13H2,1-3H3,(H,20,23). The van der Waals surface area contributed by atoms with Crippen LogP contribution < -0.4 is 9.62 Å². The van der Waals surface area contributed by atoms with E-state index in [2.05, 4.69) is 5.32 Å². The number of amides is 1. The van der Waals surface area contributed by atoms with Crippen LogP contribution in [0.4, 0.5) is 11.4 Å². The zero-order valence-electron chi connectivity index (χ0n) is 15.0. The molecule has 0 spiro atoms. The molecular formula is C19H22N2O4S. The predicted molar refractivity (Wildman–Crippen MR) is 103 cm³/mol. The number of aryl methyl sites for hydroxylation is 1. The molecule has 2 aromatic carbocycles. The monoisotopic (exact) mass is 374 g/mol. The SMILES string of the molecule is CCc1ccccc1NC(=O)CN(c1cccc(C(C)=O)c1)S(C)(=O)=O. The first-order chi connectivity index (χ1) is 12.2. The van der Waals surface area contributed by atoms with Gasteiger partial charge in [0.25, 0.3) is 0 Å². The Bertz CT molecular complexity index is 923. The summed E-state index contributed by atoms with van der Waals surface area (Å²) in [5.74, 6) is -0.633. The van der Waals surface area contributed by atoms with Crippen molar-refractivity contribution in [3.63, 3.8) is 0 Å². The highest BCUT2D eigenvalue weighted by atomic mass is 32.2. The fourth-order valence-corrected chi connectivity index (χ4v) is 3.40. The summed E-state index contributed by atoms with van der Waals surface area (Å²) >= 11 is 0. The summed E-state index contributed by atoms with van der Waals surface area (Å²) in [5.41, 5.74) is 2.28. The number of anilines is 2. The van der Waals surface area contributed by atoms with Crippen LogP contribution in [0, 0.1) is 0 Å². The number of rotatable bonds is 7. The first-order valence-corrected chi connectivity index (χ1v) is 10.0. The summed E-state index contributed by atoms with van der Waals surface area (Å²) in [6.07, 6.45) is 1.77. The number of sulfonamides is 1. The molecule has 0 bridgehead atoms. The summed E-state index contributed by atoms with van der Waals surface area (Å²) < 4.78 is 25.4. The van der Waals surface area contributed by atoms with E-state index < -0.39 is 15.9 Å². The lowest BCUT2D eigenvalue weighted by Gasteiger charge is -2.22. The minimum Gasteiger partial charge on any atom is -0.324 e. The van der Waals surface area contributed by atoms with Crippen molar-refractivity contribution in [3.8, 4) is 0 Å². The van der Waals surface area contributed by atoms with Crippen LogP contribution in [0.15, 0.2) is 48.5 Å². The largest absolute Gasteiger partial charge is 0.324 e. The topological polar surface area (TPSA) is 83.6 Å². The zero-order valence-corrected chi connectivity index (χ0v) is 15.8. The molecule has 0 saturated heterocycles. The Morgan fingerprint density at radius 2 is 1.77 bits per heavy atom. The van der Waals surface area contributed by atoms with Gasteiger partial charge in [-0.15, -0.1) is 0 Å². The summed E-state index contributed by atoms with van der Waals surface area (Å²) in [6, 6.07) is 13.6. The van der Waals surface area contributed by atoms with E-state index in [9.17, 15) is 18.0 Å². The number of ketones is 1. The molecule has 0 fully saturated rings. The molecule has 6 nitrogen and oxygen atoms in total. The molecule has 0 heterocycles. The highest BCUT2D eigenvalue weighted by Crippen LogP contribution is 2.20. The number of benzene rings is 2. The molecule has 1 amide bonds. The second-order valence-corrected chi connectivity index (χ2v) is 7.84. The van der Waals surface area contributed by atoms with Gasteiger partial charge >= 0.3 is 0 Å². The van der Waals surface area contributed by atoms with Crippen molar-refractivity contribution in [2.75, 3.05) is 22.4 Å². The number of nitrogens with one attached hydrogen (secondary N) is 1. The van der Waals surface area contributed by atoms with E-state index >= 15 is 0 Å². The van der Waals surface area contributed by atoms with Crippen LogP contribution in [0.3, 0.4) is 0 Å². The van der Waals surface area contributed by atoms with Crippen molar-refractivity contribution < 1.29 is 18.0 Å². The van der Waals surface area contributed by atoms with Gasteiger partial charge in [-0.1, -0.05) is 37.3 Å². The molecule has 26 heavy (non-hydrogen) atoms. The molecule has 0 aromatic heterocycles. The summed E-state index contributed by atoms with van der Waals surface area (Å²) in [5, 5.41) is 2.76. The Labute approximate surface area is 153 Å². The number of hydrogen-bond donors (Lipinski definition) is 1. The van der Waals surface area contributed by atoms with Crippen LogP contribution in [0.2, 0.25) is 0 Å². The predicted octanol–water partition coefficient (Wildman–Crippen LogP) is 2.86. The molecule has 0 saturated carbocycles. The van der Waals surface area contributed by atoms with Gasteiger partial charge in [0.1, 0.15) is 6.54 Å². The normalized spacial score (nSPS) is 11.0. The summed E-state index contributed by atoms with van der Waals surface area (Å²) in [7, 11) is -3.70. The molecule has 1 N–H and O–H groups in total. The van der Waals surface area contributed by atoms with Gasteiger partial charge in [0.2, 0.25) is 15.9 Å². The lowest BCUT2D eigenvalue weighted by molar-refractivity contribution is -0.114. The number of carbonyl (C=O) groups excluding carboxylic acids is 2. The van der Waals surface area contributed by atoms with E-state index in [1.807, 2.05) is 19.1 Å². The van der Waals surface area contributed by atoms with Gasteiger partial charge in [0.15, 0.2) is 5.78 Å². The molecule has 2 rings (SSSR count). The van der Waals surface area contributed by atoms with Crippen LogP contribution in [-0.4, -0.2) is 32.9 Å². The summed E-state index contributed by atoms with van der Waals surface area (Å²) in [6.45, 7) is 3.00. The Hall–Kier alpha value is -2.67. The van der Waals surface area contributed by atoms with E-state index in [1.54, 1.807) is 30.3 Å². The second kappa shape index (κ2) is 8.14. The number of Topliss-reactive ketones (excluding diaryl/α,β-unsaturated/α-hetero) is 1. The molecule has 0 radical (unpaired) electrons. The van der Waals surface area contributed by atoms with E-state index in [0.29, 0.717) is 11.3 Å². The van der Waals surface area contributed by atoms with Crippen molar-refractivity contribution >= 4 is 33.1 Å². The average molecular weight is 374 g/mol. The maximum absolute atomic E-state index is 12.4. The van der Waals surface area contributed by atoms with Crippen molar-refractivity contribution in [3.05, 3.63) is 59.7 Å². The number of para-hydroxylation sites is 1. The number of nitrogens with zero attached hydrogens (tertiary/aromatic N) is 1. The van der Waals surface area contributed by atoms with E-state index in [1.165, 1.54) is 13.0 Å². The molecule has 0 aliphatic rings. The first kappa shape index (κ1) is 19.7. The van der Waals surface area contributed by atoms with Crippen molar-refractivity contribution in [1.82, 2.24) is 0 Å². The van der Waals surface area contributed by atoms with Gasteiger partial charge in [-0.05, 0) is 37.1 Å². The maximum Gasteiger partial charge on any atom is 0.245 e. The number of carbonyl (C=O) groups is 2. The molecule has 2 aromatic rings. The van der Waals surface area contributed by atoms with Gasteiger partial charge < -0.3 is 5.32 Å². The van der Waals surface area contributed by atoms with Crippen LogP contribution >= 0.6 is 0 Å². The van der Waals surface area contributed by atoms with E-state index in [4.69, 9.17) is 0 Å². The van der Waals surface area contributed by atoms with Gasteiger partial charge in [-0.25, -0.2) is 8.42 Å². The Morgan fingerprint density at radius 3 is 2.38 bits per heavy atom. The Balaban J connectivity index is 2.28. The van der Waals surface area contributed by atoms with Crippen LogP contribution in [0.1, 0.15) is 29.8 Å². The molecule has 0 atom stereocenters. The average Bonchev–Trinajstić information content (AvgIpc) is 2.59. The fourth-order valence-electron chi connectivity index (χ4n) is 2.55. The van der Waals surface area contributed by atoms with Crippen molar-refractivity contribution in [1.29, 1.82) is 0 Å². The van der Waals surface area contributed by atoms with Gasteiger partial charge in [0, 0.05) is 11.3 Å². The lowest BCUT2D eigenvalue weighted by Crippen LogP contribution is -2.37. The third kappa shape index (κ3) is 4.92. The summed E-state index contributed by atoms with van der Waals surface area (Å²) in [4.78, 5) is 24.0. The molecule has 0 aliphatic heterocycles. The number of hydrogen-bond acceptors (Lipinski definition) is 4. The van der Waals surface area contributed by atoms with Crippen LogP contribution in [0.5, 0.6) is 0 Å². The van der Waals surface area contributed by atoms with E-state index in [0.717, 1.165) is 22.5 Å².